The summed E-state index contributed by atoms with van der Waals surface area (Å²) in [5.74, 6) is 0. The van der Waals surface area contributed by atoms with Crippen LogP contribution in [-0.4, -0.2) is 20.0 Å². The number of pyridine rings is 1. The van der Waals surface area contributed by atoms with Gasteiger partial charge in [-0.1, -0.05) is 66.2 Å². The Balaban J connectivity index is 1.66. The number of aromatic nitrogens is 4. The summed E-state index contributed by atoms with van der Waals surface area (Å²) in [7, 11) is 0. The van der Waals surface area contributed by atoms with Gasteiger partial charge < -0.3 is 10.6 Å². The summed E-state index contributed by atoms with van der Waals surface area (Å²) < 4.78 is 11.4. The Bertz CT molecular complexity index is 1870. The number of rotatable bonds is 8. The molecule has 0 aliphatic heterocycles. The lowest BCUT2D eigenvalue weighted by Gasteiger charge is -2.23. The number of fused-ring (bicyclic) bond motifs is 1. The molecular weight excluding hydrogens is 544 g/mol. The van der Waals surface area contributed by atoms with E-state index < -0.39 is 6.02 Å². The molecule has 5 aromatic rings. The molecule has 9 heteroatoms. The molecule has 0 fully saturated rings. The molecule has 1 unspecified atom stereocenters. The fourth-order valence-electron chi connectivity index (χ4n) is 4.73. The summed E-state index contributed by atoms with van der Waals surface area (Å²) in [5, 5.41) is 36.2. The third-order valence-corrected chi connectivity index (χ3v) is 7.25. The molecule has 5 rings (SSSR count). The lowest BCUT2D eigenvalue weighted by Crippen LogP contribution is -2.22. The average molecular weight is 576 g/mol. The molecule has 8 nitrogen and oxygen atoms in total. The smallest absolute Gasteiger partial charge is 0.109 e. The maximum Gasteiger partial charge on any atom is 0.109 e. The predicted octanol–water partition coefficient (Wildman–Crippen LogP) is 7.74. The first kappa shape index (κ1) is 27.3. The molecule has 0 saturated heterocycles. The van der Waals surface area contributed by atoms with Gasteiger partial charge >= 0.3 is 0 Å². The Morgan fingerprint density at radius 2 is 1.76 bits per heavy atom. The Hall–Kier alpha value is -4.92. The van der Waals surface area contributed by atoms with E-state index in [0.29, 0.717) is 49.7 Å². The normalized spacial score (nSPS) is 13.8. The highest BCUT2D eigenvalue weighted by Crippen LogP contribution is 2.37. The Labute approximate surface area is 252 Å². The van der Waals surface area contributed by atoms with Crippen molar-refractivity contribution in [2.45, 2.75) is 51.7 Å². The van der Waals surface area contributed by atoms with E-state index in [4.69, 9.17) is 11.6 Å². The molecule has 0 bridgehead atoms. The highest BCUT2D eigenvalue weighted by atomic mass is 35.5. The summed E-state index contributed by atoms with van der Waals surface area (Å²) >= 11 is 6.80. The molecule has 210 valence electrons. The second-order valence-electron chi connectivity index (χ2n) is 10.9. The van der Waals surface area contributed by atoms with Crippen molar-refractivity contribution in [2.24, 2.45) is 0 Å². The van der Waals surface area contributed by atoms with Gasteiger partial charge in [0.15, 0.2) is 0 Å². The van der Waals surface area contributed by atoms with Crippen LogP contribution in [0.3, 0.4) is 0 Å². The van der Waals surface area contributed by atoms with Crippen molar-refractivity contribution >= 4 is 33.9 Å². The van der Waals surface area contributed by atoms with E-state index in [1.807, 2.05) is 57.2 Å². The topological polar surface area (TPSA) is 115 Å². The predicted molar refractivity (Wildman–Crippen MR) is 166 cm³/mol. The lowest BCUT2D eigenvalue weighted by molar-refractivity contribution is 0.347. The number of anilines is 2. The van der Waals surface area contributed by atoms with Gasteiger partial charge in [-0.2, -0.15) is 10.5 Å². The van der Waals surface area contributed by atoms with Gasteiger partial charge in [0.2, 0.25) is 0 Å². The van der Waals surface area contributed by atoms with Crippen LogP contribution in [-0.2, 0) is 5.54 Å². The van der Waals surface area contributed by atoms with Gasteiger partial charge in [0.05, 0.1) is 58.6 Å². The molecule has 0 aliphatic carbocycles. The maximum absolute atomic E-state index is 10.0. The minimum Gasteiger partial charge on any atom is -0.377 e. The van der Waals surface area contributed by atoms with Gasteiger partial charge in [0.25, 0.3) is 0 Å². The second-order valence-corrected chi connectivity index (χ2v) is 11.3. The van der Waals surface area contributed by atoms with Crippen LogP contribution >= 0.6 is 11.6 Å². The first-order chi connectivity index (χ1) is 20.6. The number of halogens is 1. The molecule has 0 amide bonds. The van der Waals surface area contributed by atoms with Gasteiger partial charge in [-0.05, 0) is 62.6 Å². The molecule has 2 aromatic heterocycles. The van der Waals surface area contributed by atoms with Crippen LogP contribution < -0.4 is 10.6 Å². The van der Waals surface area contributed by atoms with Gasteiger partial charge in [-0.15, -0.1) is 5.10 Å². The summed E-state index contributed by atoms with van der Waals surface area (Å²) in [5.41, 5.74) is 4.00. The van der Waals surface area contributed by atoms with E-state index in [1.165, 1.54) is 6.20 Å². The monoisotopic (exact) mass is 575 g/mol. The lowest BCUT2D eigenvalue weighted by atomic mass is 10.0. The molecule has 2 N–H and O–H groups in total. The minimum atomic E-state index is -1.64. The molecule has 2 atom stereocenters. The van der Waals surface area contributed by atoms with Crippen molar-refractivity contribution in [3.63, 3.8) is 0 Å². The summed E-state index contributed by atoms with van der Waals surface area (Å²) in [6.07, 6.45) is 4.03. The average Bonchev–Trinajstić information content (AvgIpc) is 3.52. The zero-order chi connectivity index (χ0) is 30.8. The summed E-state index contributed by atoms with van der Waals surface area (Å²) in [6, 6.07) is 23.1. The molecule has 0 spiro atoms. The number of nitrogens with zero attached hydrogens (tertiary/aromatic N) is 6. The quantitative estimate of drug-likeness (QED) is 0.194. The molecule has 0 saturated carbocycles. The SMILES string of the molecule is [2H]C(Nc1cc(Cl)c2ncc(C#N)c(N[C@H](CC)c3ccccc3)c2c1)(c1cccc(C#N)c1)c1cn(C(C)(C)C)nn1. The first-order valence-corrected chi connectivity index (χ1v) is 14.0. The highest BCUT2D eigenvalue weighted by Gasteiger charge is 2.23. The number of benzene rings is 3. The number of nitriles is 2. The van der Waals surface area contributed by atoms with Crippen LogP contribution in [0, 0.1) is 22.7 Å². The van der Waals surface area contributed by atoms with E-state index in [0.717, 1.165) is 12.0 Å². The minimum absolute atomic E-state index is 0.0642. The highest BCUT2D eigenvalue weighted by molar-refractivity contribution is 6.35. The van der Waals surface area contributed by atoms with Crippen LogP contribution in [0.1, 0.15) is 75.5 Å². The van der Waals surface area contributed by atoms with Crippen molar-refractivity contribution in [3.05, 3.63) is 112 Å². The zero-order valence-electron chi connectivity index (χ0n) is 24.9. The van der Waals surface area contributed by atoms with Crippen LogP contribution in [0.5, 0.6) is 0 Å². The standard InChI is InChI=1S/C33H31ClN8/c1-5-28(22-11-7-6-8-12-22)39-30-24(18-36)19-37-32-26(30)15-25(16-27(32)34)38-31(23-13-9-10-21(14-23)17-35)29-20-42(41-40-29)33(2,3)4/h6-16,19-20,28,31,38H,5H2,1-4H3,(H,37,39)/t28-,31?/m1/s1/i31D. The molecule has 0 radical (unpaired) electrons. The van der Waals surface area contributed by atoms with Crippen LogP contribution in [0.15, 0.2) is 79.1 Å². The van der Waals surface area contributed by atoms with Gasteiger partial charge in [-0.25, -0.2) is 4.68 Å². The first-order valence-electron chi connectivity index (χ1n) is 14.1. The number of hydrogen-bond donors (Lipinski definition) is 2. The largest absolute Gasteiger partial charge is 0.377 e. The molecular formula is C33H31ClN8. The summed E-state index contributed by atoms with van der Waals surface area (Å²) in [6.45, 7) is 8.07. The van der Waals surface area contributed by atoms with E-state index in [2.05, 4.69) is 45.0 Å². The van der Waals surface area contributed by atoms with Crippen LogP contribution in [0.4, 0.5) is 11.4 Å². The maximum atomic E-state index is 10.0. The fourth-order valence-corrected chi connectivity index (χ4v) is 5.00. The van der Waals surface area contributed by atoms with E-state index in [1.54, 1.807) is 41.2 Å². The van der Waals surface area contributed by atoms with Crippen LogP contribution in [0.25, 0.3) is 10.9 Å². The Morgan fingerprint density at radius 3 is 2.43 bits per heavy atom. The van der Waals surface area contributed by atoms with Crippen LogP contribution in [0.2, 0.25) is 5.02 Å². The van der Waals surface area contributed by atoms with Crippen molar-refractivity contribution in [1.82, 2.24) is 20.0 Å². The molecule has 3 aromatic carbocycles. The van der Waals surface area contributed by atoms with E-state index >= 15 is 0 Å². The van der Waals surface area contributed by atoms with Gasteiger partial charge in [0, 0.05) is 17.3 Å². The summed E-state index contributed by atoms with van der Waals surface area (Å²) in [4.78, 5) is 4.49. The van der Waals surface area contributed by atoms with Gasteiger partial charge in [-0.3, -0.25) is 4.98 Å². The van der Waals surface area contributed by atoms with E-state index in [-0.39, 0.29) is 11.6 Å². The van der Waals surface area contributed by atoms with Gasteiger partial charge in [0.1, 0.15) is 11.8 Å². The molecule has 0 aliphatic rings. The fraction of sp³-hybridized carbons (Fsp3) is 0.242. The zero-order valence-corrected chi connectivity index (χ0v) is 24.6. The Kier molecular flexibility index (Phi) is 7.72. The Morgan fingerprint density at radius 1 is 1.00 bits per heavy atom. The van der Waals surface area contributed by atoms with Crippen molar-refractivity contribution in [2.75, 3.05) is 10.6 Å². The molecule has 2 heterocycles. The third kappa shape index (κ3) is 5.90. The molecule has 42 heavy (non-hydrogen) atoms. The second kappa shape index (κ2) is 11.9. The number of hydrogen-bond acceptors (Lipinski definition) is 7. The van der Waals surface area contributed by atoms with Crippen molar-refractivity contribution in [3.8, 4) is 12.1 Å². The number of nitrogens with one attached hydrogen (secondary N) is 2. The van der Waals surface area contributed by atoms with E-state index in [9.17, 15) is 11.9 Å². The van der Waals surface area contributed by atoms with Crippen molar-refractivity contribution < 1.29 is 1.37 Å². The third-order valence-electron chi connectivity index (χ3n) is 6.96. The van der Waals surface area contributed by atoms with Crippen molar-refractivity contribution in [1.29, 1.82) is 10.5 Å².